The van der Waals surface area contributed by atoms with Crippen LogP contribution in [0.25, 0.3) is 0 Å². The van der Waals surface area contributed by atoms with Crippen molar-refractivity contribution in [2.24, 2.45) is 0 Å². The normalized spacial score (nSPS) is 13.1. The maximum Gasteiger partial charge on any atom is 0.252 e. The first-order valence-electron chi connectivity index (χ1n) is 11.4. The Bertz CT molecular complexity index is 964. The maximum absolute atomic E-state index is 13.1. The number of methoxy groups -OCH3 is 1. The molecule has 0 bridgehead atoms. The number of unbranched alkanes of at least 4 members (excludes halogenated alkanes) is 1. The fourth-order valence-electron chi connectivity index (χ4n) is 3.35. The number of carbonyl (C=O) groups is 4. The molecule has 0 aromatic heterocycles. The van der Waals surface area contributed by atoms with Crippen LogP contribution in [0.15, 0.2) is 54.6 Å². The lowest BCUT2D eigenvalue weighted by Crippen LogP contribution is -2.54. The van der Waals surface area contributed by atoms with E-state index < -0.39 is 35.8 Å². The molecule has 1 unspecified atom stereocenters. The molecule has 2 aromatic rings. The lowest BCUT2D eigenvalue weighted by Gasteiger charge is -2.22. The molecule has 8 heteroatoms. The van der Waals surface area contributed by atoms with E-state index in [2.05, 4.69) is 16.0 Å². The van der Waals surface area contributed by atoms with Crippen molar-refractivity contribution in [1.29, 1.82) is 0 Å². The summed E-state index contributed by atoms with van der Waals surface area (Å²) in [6.45, 7) is 3.54. The molecule has 34 heavy (non-hydrogen) atoms. The van der Waals surface area contributed by atoms with Crippen LogP contribution in [0.1, 0.15) is 49.0 Å². The minimum absolute atomic E-state index is 0.240. The molecule has 3 atom stereocenters. The second-order valence-electron chi connectivity index (χ2n) is 8.07. The molecule has 0 aliphatic rings. The Hall–Kier alpha value is -3.68. The number of carbonyl (C=O) groups excluding carboxylic acids is 4. The van der Waals surface area contributed by atoms with E-state index in [4.69, 9.17) is 4.74 Å². The molecule has 3 amide bonds. The van der Waals surface area contributed by atoms with Crippen LogP contribution in [0.3, 0.4) is 0 Å². The van der Waals surface area contributed by atoms with Gasteiger partial charge in [0.25, 0.3) is 5.91 Å². The fourth-order valence-corrected chi connectivity index (χ4v) is 3.35. The summed E-state index contributed by atoms with van der Waals surface area (Å²) >= 11 is 0. The molecule has 0 saturated carbocycles. The van der Waals surface area contributed by atoms with Crippen molar-refractivity contribution in [3.05, 3.63) is 65.7 Å². The summed E-state index contributed by atoms with van der Waals surface area (Å²) in [6.07, 6.45) is 3.19. The average molecular weight is 468 g/mol. The minimum Gasteiger partial charge on any atom is -0.497 e. The monoisotopic (exact) mass is 467 g/mol. The Morgan fingerprint density at radius 1 is 0.971 bits per heavy atom. The molecular weight excluding hydrogens is 434 g/mol. The van der Waals surface area contributed by atoms with Gasteiger partial charge in [-0.1, -0.05) is 56.2 Å². The highest BCUT2D eigenvalue weighted by Crippen LogP contribution is 2.13. The van der Waals surface area contributed by atoms with Gasteiger partial charge in [0.1, 0.15) is 24.1 Å². The Labute approximate surface area is 200 Å². The van der Waals surface area contributed by atoms with Crippen LogP contribution in [-0.2, 0) is 20.8 Å². The number of amides is 3. The molecule has 0 aliphatic heterocycles. The average Bonchev–Trinajstić information content (AvgIpc) is 2.86. The summed E-state index contributed by atoms with van der Waals surface area (Å²) in [5.74, 6) is -0.874. The minimum atomic E-state index is -0.918. The Morgan fingerprint density at radius 3 is 2.35 bits per heavy atom. The Morgan fingerprint density at radius 2 is 1.71 bits per heavy atom. The van der Waals surface area contributed by atoms with Crippen LogP contribution < -0.4 is 20.7 Å². The molecule has 3 N–H and O–H groups in total. The molecule has 0 radical (unpaired) electrons. The molecular formula is C26H33N3O5. The second-order valence-corrected chi connectivity index (χ2v) is 8.07. The van der Waals surface area contributed by atoms with Gasteiger partial charge in [-0.3, -0.25) is 14.4 Å². The van der Waals surface area contributed by atoms with E-state index in [1.807, 2.05) is 37.3 Å². The zero-order chi connectivity index (χ0) is 24.9. The van der Waals surface area contributed by atoms with Gasteiger partial charge >= 0.3 is 0 Å². The Balaban J connectivity index is 2.11. The maximum atomic E-state index is 13.1. The van der Waals surface area contributed by atoms with Gasteiger partial charge in [0.05, 0.1) is 13.2 Å². The van der Waals surface area contributed by atoms with E-state index in [-0.39, 0.29) is 6.42 Å². The van der Waals surface area contributed by atoms with Gasteiger partial charge in [0.15, 0.2) is 0 Å². The van der Waals surface area contributed by atoms with Gasteiger partial charge < -0.3 is 25.5 Å². The number of nitrogens with one attached hydrogen (secondary N) is 3. The molecule has 0 saturated heterocycles. The number of ether oxygens (including phenoxy) is 1. The topological polar surface area (TPSA) is 114 Å². The quantitative estimate of drug-likeness (QED) is 0.392. The number of aldehydes is 1. The van der Waals surface area contributed by atoms with E-state index in [9.17, 15) is 19.2 Å². The summed E-state index contributed by atoms with van der Waals surface area (Å²) in [4.78, 5) is 49.7. The van der Waals surface area contributed by atoms with Gasteiger partial charge in [-0.25, -0.2) is 0 Å². The van der Waals surface area contributed by atoms with Gasteiger partial charge in [-0.05, 0) is 37.1 Å². The van der Waals surface area contributed by atoms with Crippen LogP contribution in [0.2, 0.25) is 0 Å². The summed E-state index contributed by atoms with van der Waals surface area (Å²) in [5.41, 5.74) is 1.20. The summed E-state index contributed by atoms with van der Waals surface area (Å²) in [6, 6.07) is 13.5. The van der Waals surface area contributed by atoms with E-state index in [0.29, 0.717) is 24.0 Å². The Kier molecular flexibility index (Phi) is 10.8. The lowest BCUT2D eigenvalue weighted by atomic mass is 10.0. The van der Waals surface area contributed by atoms with Crippen molar-refractivity contribution in [3.63, 3.8) is 0 Å². The van der Waals surface area contributed by atoms with Gasteiger partial charge in [-0.2, -0.15) is 0 Å². The highest BCUT2D eigenvalue weighted by atomic mass is 16.5. The van der Waals surface area contributed by atoms with Crippen LogP contribution in [-0.4, -0.2) is 49.2 Å². The van der Waals surface area contributed by atoms with Gasteiger partial charge in [0.2, 0.25) is 11.8 Å². The van der Waals surface area contributed by atoms with Gasteiger partial charge in [0, 0.05) is 12.0 Å². The molecule has 0 heterocycles. The zero-order valence-corrected chi connectivity index (χ0v) is 19.9. The standard InChI is InChI=1S/C26H33N3O5/c1-4-5-13-21(17-30)28-24(31)18(2)27-26(33)23(15-19-10-7-6-8-11-19)29-25(32)20-12-9-14-22(16-20)34-3/h6-12,14,16-18,21,23H,4-5,13,15H2,1-3H3,(H,27,33)(H,28,31)(H,29,32)/t18-,21-,23?/m0/s1. The fraction of sp³-hybridized carbons (Fsp3) is 0.385. The number of benzene rings is 2. The van der Waals surface area contributed by atoms with E-state index in [0.717, 1.165) is 18.4 Å². The van der Waals surface area contributed by atoms with E-state index >= 15 is 0 Å². The largest absolute Gasteiger partial charge is 0.497 e. The predicted molar refractivity (Wildman–Crippen MR) is 130 cm³/mol. The second kappa shape index (κ2) is 13.8. The van der Waals surface area contributed by atoms with Crippen molar-refractivity contribution in [3.8, 4) is 5.75 Å². The number of rotatable bonds is 13. The number of hydrogen-bond donors (Lipinski definition) is 3. The third-order valence-electron chi connectivity index (χ3n) is 5.35. The van der Waals surface area contributed by atoms with Crippen LogP contribution in [0, 0.1) is 0 Å². The van der Waals surface area contributed by atoms with Crippen molar-refractivity contribution < 1.29 is 23.9 Å². The summed E-state index contributed by atoms with van der Waals surface area (Å²) in [5, 5.41) is 8.07. The third-order valence-corrected chi connectivity index (χ3v) is 5.35. The first-order chi connectivity index (χ1) is 16.4. The highest BCUT2D eigenvalue weighted by Gasteiger charge is 2.26. The van der Waals surface area contributed by atoms with Crippen molar-refractivity contribution >= 4 is 24.0 Å². The molecule has 2 aromatic carbocycles. The smallest absolute Gasteiger partial charge is 0.252 e. The number of hydrogen-bond acceptors (Lipinski definition) is 5. The first-order valence-corrected chi connectivity index (χ1v) is 11.4. The molecule has 182 valence electrons. The van der Waals surface area contributed by atoms with Gasteiger partial charge in [-0.15, -0.1) is 0 Å². The molecule has 2 rings (SSSR count). The van der Waals surface area contributed by atoms with Crippen molar-refractivity contribution in [2.45, 2.75) is 57.7 Å². The van der Waals surface area contributed by atoms with Crippen molar-refractivity contribution in [2.75, 3.05) is 7.11 Å². The van der Waals surface area contributed by atoms with Crippen molar-refractivity contribution in [1.82, 2.24) is 16.0 Å². The van der Waals surface area contributed by atoms with E-state index in [1.165, 1.54) is 7.11 Å². The highest BCUT2D eigenvalue weighted by molar-refractivity contribution is 5.98. The third kappa shape index (κ3) is 8.35. The predicted octanol–water partition coefficient (Wildman–Crippen LogP) is 2.41. The zero-order valence-electron chi connectivity index (χ0n) is 19.9. The van der Waals surface area contributed by atoms with Crippen LogP contribution >= 0.6 is 0 Å². The molecule has 0 spiro atoms. The SMILES string of the molecule is CCCC[C@@H](C=O)NC(=O)[C@H](C)NC(=O)C(Cc1ccccc1)NC(=O)c1cccc(OC)c1. The lowest BCUT2D eigenvalue weighted by molar-refractivity contribution is -0.130. The summed E-state index contributed by atoms with van der Waals surface area (Å²) < 4.78 is 5.17. The van der Waals surface area contributed by atoms with E-state index in [1.54, 1.807) is 31.2 Å². The summed E-state index contributed by atoms with van der Waals surface area (Å²) in [7, 11) is 1.51. The van der Waals surface area contributed by atoms with Crippen LogP contribution in [0.4, 0.5) is 0 Å². The molecule has 0 fully saturated rings. The van der Waals surface area contributed by atoms with Crippen LogP contribution in [0.5, 0.6) is 5.75 Å². The molecule has 8 nitrogen and oxygen atoms in total. The molecule has 0 aliphatic carbocycles. The first kappa shape index (κ1) is 26.6.